The van der Waals surface area contributed by atoms with Crippen molar-refractivity contribution in [2.45, 2.75) is 26.2 Å². The van der Waals surface area contributed by atoms with Gasteiger partial charge in [-0.3, -0.25) is 14.6 Å². The van der Waals surface area contributed by atoms with Crippen molar-refractivity contribution in [2.24, 2.45) is 5.92 Å². The summed E-state index contributed by atoms with van der Waals surface area (Å²) in [6.07, 6.45) is 4.54. The smallest absolute Gasteiger partial charge is 0.303 e. The Morgan fingerprint density at radius 3 is 2.67 bits per heavy atom. The summed E-state index contributed by atoms with van der Waals surface area (Å²) in [5.74, 6) is -0.940. The number of nitrogens with one attached hydrogen (secondary N) is 1. The van der Waals surface area contributed by atoms with Crippen LogP contribution in [-0.4, -0.2) is 28.5 Å². The number of aliphatic carboxylic acids is 1. The Labute approximate surface area is 106 Å². The molecule has 0 fully saturated rings. The second kappa shape index (κ2) is 7.42. The summed E-state index contributed by atoms with van der Waals surface area (Å²) in [7, 11) is 0. The number of rotatable bonds is 7. The topological polar surface area (TPSA) is 79.3 Å². The Morgan fingerprint density at radius 2 is 2.06 bits per heavy atom. The van der Waals surface area contributed by atoms with Crippen molar-refractivity contribution in [1.82, 2.24) is 10.3 Å². The van der Waals surface area contributed by atoms with Gasteiger partial charge in [0.2, 0.25) is 5.91 Å². The van der Waals surface area contributed by atoms with Gasteiger partial charge in [0, 0.05) is 31.8 Å². The molecule has 0 aliphatic heterocycles. The Hall–Kier alpha value is -1.91. The van der Waals surface area contributed by atoms with Crippen molar-refractivity contribution in [3.8, 4) is 0 Å². The number of aryl methyl sites for hydroxylation is 1. The Bertz CT molecular complexity index is 392. The maximum atomic E-state index is 11.5. The molecule has 0 bridgehead atoms. The summed E-state index contributed by atoms with van der Waals surface area (Å²) in [5.41, 5.74) is 1.07. The van der Waals surface area contributed by atoms with E-state index in [2.05, 4.69) is 10.3 Å². The number of carbonyl (C=O) groups is 2. The van der Waals surface area contributed by atoms with E-state index in [1.54, 1.807) is 19.3 Å². The molecule has 1 heterocycles. The molecule has 0 spiro atoms. The third-order valence-corrected chi connectivity index (χ3v) is 2.56. The van der Waals surface area contributed by atoms with E-state index in [1.165, 1.54) is 0 Å². The molecule has 18 heavy (non-hydrogen) atoms. The summed E-state index contributed by atoms with van der Waals surface area (Å²) >= 11 is 0. The first-order valence-corrected chi connectivity index (χ1v) is 5.95. The lowest BCUT2D eigenvalue weighted by Gasteiger charge is -2.10. The van der Waals surface area contributed by atoms with Gasteiger partial charge in [0.25, 0.3) is 0 Å². The van der Waals surface area contributed by atoms with Gasteiger partial charge in [0.1, 0.15) is 0 Å². The molecule has 0 saturated heterocycles. The van der Waals surface area contributed by atoms with Crippen LogP contribution in [0.5, 0.6) is 0 Å². The summed E-state index contributed by atoms with van der Waals surface area (Å²) in [4.78, 5) is 25.9. The van der Waals surface area contributed by atoms with Crippen LogP contribution in [0.15, 0.2) is 24.5 Å². The SMILES string of the molecule is CC(CNC(=O)CCc1ccncc1)CC(=O)O. The largest absolute Gasteiger partial charge is 0.481 e. The lowest BCUT2D eigenvalue weighted by Crippen LogP contribution is -2.29. The molecule has 0 saturated carbocycles. The monoisotopic (exact) mass is 250 g/mol. The molecule has 0 aromatic carbocycles. The van der Waals surface area contributed by atoms with Gasteiger partial charge in [-0.15, -0.1) is 0 Å². The number of aromatic nitrogens is 1. The highest BCUT2D eigenvalue weighted by Crippen LogP contribution is 2.02. The van der Waals surface area contributed by atoms with Crippen LogP contribution in [0.3, 0.4) is 0 Å². The number of carboxylic acids is 1. The van der Waals surface area contributed by atoms with Crippen molar-refractivity contribution in [3.05, 3.63) is 30.1 Å². The number of nitrogens with zero attached hydrogens (tertiary/aromatic N) is 1. The summed E-state index contributed by atoms with van der Waals surface area (Å²) in [6, 6.07) is 3.75. The lowest BCUT2D eigenvalue weighted by molar-refractivity contribution is -0.138. The van der Waals surface area contributed by atoms with Crippen LogP contribution < -0.4 is 5.32 Å². The molecule has 1 amide bonds. The van der Waals surface area contributed by atoms with E-state index in [9.17, 15) is 9.59 Å². The first kappa shape index (κ1) is 14.2. The van der Waals surface area contributed by atoms with Crippen LogP contribution in [0, 0.1) is 5.92 Å². The molecule has 2 N–H and O–H groups in total. The third kappa shape index (κ3) is 5.98. The van der Waals surface area contributed by atoms with Crippen molar-refractivity contribution in [3.63, 3.8) is 0 Å². The maximum absolute atomic E-state index is 11.5. The third-order valence-electron chi connectivity index (χ3n) is 2.56. The summed E-state index contributed by atoms with van der Waals surface area (Å²) < 4.78 is 0. The van der Waals surface area contributed by atoms with Gasteiger partial charge in [0.05, 0.1) is 0 Å². The zero-order chi connectivity index (χ0) is 13.4. The molecule has 0 radical (unpaired) electrons. The number of hydrogen-bond donors (Lipinski definition) is 2. The highest BCUT2D eigenvalue weighted by Gasteiger charge is 2.09. The molecular formula is C13H18N2O3. The first-order valence-electron chi connectivity index (χ1n) is 5.95. The Kier molecular flexibility index (Phi) is 5.84. The number of pyridine rings is 1. The van der Waals surface area contributed by atoms with Crippen molar-refractivity contribution >= 4 is 11.9 Å². The van der Waals surface area contributed by atoms with Gasteiger partial charge in [-0.1, -0.05) is 6.92 Å². The van der Waals surface area contributed by atoms with Crippen molar-refractivity contribution in [2.75, 3.05) is 6.54 Å². The fourth-order valence-corrected chi connectivity index (χ4v) is 1.55. The summed E-state index contributed by atoms with van der Waals surface area (Å²) in [6.45, 7) is 2.21. The molecule has 5 heteroatoms. The minimum Gasteiger partial charge on any atom is -0.481 e. The molecule has 1 aromatic rings. The standard InChI is InChI=1S/C13H18N2O3/c1-10(8-13(17)18)9-15-12(16)3-2-11-4-6-14-7-5-11/h4-7,10H,2-3,8-9H2,1H3,(H,15,16)(H,17,18). The van der Waals surface area contributed by atoms with E-state index in [1.807, 2.05) is 12.1 Å². The fourth-order valence-electron chi connectivity index (χ4n) is 1.55. The predicted molar refractivity (Wildman–Crippen MR) is 67.0 cm³/mol. The molecule has 5 nitrogen and oxygen atoms in total. The van der Waals surface area contributed by atoms with E-state index < -0.39 is 5.97 Å². The van der Waals surface area contributed by atoms with E-state index in [-0.39, 0.29) is 18.2 Å². The zero-order valence-electron chi connectivity index (χ0n) is 10.4. The molecule has 0 aliphatic carbocycles. The average Bonchev–Trinajstić information content (AvgIpc) is 2.34. The predicted octanol–water partition coefficient (Wildman–Crippen LogP) is 1.24. The molecule has 1 rings (SSSR count). The van der Waals surface area contributed by atoms with Gasteiger partial charge < -0.3 is 10.4 Å². The highest BCUT2D eigenvalue weighted by molar-refractivity contribution is 5.76. The molecule has 1 aromatic heterocycles. The quantitative estimate of drug-likeness (QED) is 0.763. The fraction of sp³-hybridized carbons (Fsp3) is 0.462. The minimum absolute atomic E-state index is 0.0487. The Morgan fingerprint density at radius 1 is 1.39 bits per heavy atom. The van der Waals surface area contributed by atoms with E-state index >= 15 is 0 Å². The second-order valence-corrected chi connectivity index (χ2v) is 4.36. The number of carbonyl (C=O) groups excluding carboxylic acids is 1. The van der Waals surface area contributed by atoms with Crippen LogP contribution in [0.25, 0.3) is 0 Å². The van der Waals surface area contributed by atoms with Crippen LogP contribution in [-0.2, 0) is 16.0 Å². The lowest BCUT2D eigenvalue weighted by atomic mass is 10.1. The molecule has 1 unspecified atom stereocenters. The van der Waals surface area contributed by atoms with Gasteiger partial charge >= 0.3 is 5.97 Å². The maximum Gasteiger partial charge on any atom is 0.303 e. The summed E-state index contributed by atoms with van der Waals surface area (Å²) in [5, 5.41) is 11.3. The molecule has 1 atom stereocenters. The first-order chi connectivity index (χ1) is 8.58. The van der Waals surface area contributed by atoms with Crippen LogP contribution in [0.4, 0.5) is 0 Å². The zero-order valence-corrected chi connectivity index (χ0v) is 10.4. The molecular weight excluding hydrogens is 232 g/mol. The molecule has 0 aliphatic rings. The minimum atomic E-state index is -0.839. The highest BCUT2D eigenvalue weighted by atomic mass is 16.4. The van der Waals surface area contributed by atoms with Gasteiger partial charge in [-0.2, -0.15) is 0 Å². The van der Waals surface area contributed by atoms with Gasteiger partial charge in [-0.05, 0) is 30.0 Å². The van der Waals surface area contributed by atoms with Gasteiger partial charge in [0.15, 0.2) is 0 Å². The number of carboxylic acid groups (broad SMARTS) is 1. The molecule has 98 valence electrons. The van der Waals surface area contributed by atoms with Crippen LogP contribution >= 0.6 is 0 Å². The Balaban J connectivity index is 2.20. The van der Waals surface area contributed by atoms with E-state index in [4.69, 9.17) is 5.11 Å². The number of amides is 1. The van der Waals surface area contributed by atoms with Crippen LogP contribution in [0.2, 0.25) is 0 Å². The van der Waals surface area contributed by atoms with Gasteiger partial charge in [-0.25, -0.2) is 0 Å². The number of hydrogen-bond acceptors (Lipinski definition) is 3. The van der Waals surface area contributed by atoms with Crippen molar-refractivity contribution in [1.29, 1.82) is 0 Å². The second-order valence-electron chi connectivity index (χ2n) is 4.36. The van der Waals surface area contributed by atoms with E-state index in [0.717, 1.165) is 5.56 Å². The van der Waals surface area contributed by atoms with Crippen LogP contribution in [0.1, 0.15) is 25.3 Å². The average molecular weight is 250 g/mol. The van der Waals surface area contributed by atoms with E-state index in [0.29, 0.717) is 19.4 Å². The normalized spacial score (nSPS) is 11.8. The van der Waals surface area contributed by atoms with Crippen molar-refractivity contribution < 1.29 is 14.7 Å².